The number of fused-ring (bicyclic) bond motifs is 1. The molecule has 1 aromatic carbocycles. The van der Waals surface area contributed by atoms with Crippen LogP contribution in [-0.2, 0) is 6.54 Å². The number of rotatable bonds is 4. The lowest BCUT2D eigenvalue weighted by Crippen LogP contribution is -2.24. The monoisotopic (exact) mass is 298 g/mol. The standard InChI is InChI=1S/C12H15BrN2S/c1-3-8(2)14-7-12-15-10-6-9(13)4-5-11(10)16-12/h4-6,8,14H,3,7H2,1-2H3. The third-order valence-electron chi connectivity index (χ3n) is 2.61. The molecule has 86 valence electrons. The van der Waals surface area contributed by atoms with E-state index in [0.717, 1.165) is 28.0 Å². The fourth-order valence-corrected chi connectivity index (χ4v) is 2.68. The first-order valence-corrected chi connectivity index (χ1v) is 7.08. The zero-order valence-corrected chi connectivity index (χ0v) is 11.9. The highest BCUT2D eigenvalue weighted by atomic mass is 79.9. The lowest BCUT2D eigenvalue weighted by molar-refractivity contribution is 0.533. The van der Waals surface area contributed by atoms with Crippen LogP contribution in [0.25, 0.3) is 10.2 Å². The van der Waals surface area contributed by atoms with Gasteiger partial charge in [0.25, 0.3) is 0 Å². The van der Waals surface area contributed by atoms with Gasteiger partial charge in [0, 0.05) is 17.1 Å². The van der Waals surface area contributed by atoms with E-state index in [4.69, 9.17) is 0 Å². The summed E-state index contributed by atoms with van der Waals surface area (Å²) in [7, 11) is 0. The number of benzene rings is 1. The van der Waals surface area contributed by atoms with Crippen molar-refractivity contribution in [1.82, 2.24) is 10.3 Å². The van der Waals surface area contributed by atoms with E-state index in [2.05, 4.69) is 58.3 Å². The summed E-state index contributed by atoms with van der Waals surface area (Å²) in [6.07, 6.45) is 1.15. The predicted octanol–water partition coefficient (Wildman–Crippen LogP) is 3.95. The van der Waals surface area contributed by atoms with Crippen LogP contribution in [0.15, 0.2) is 22.7 Å². The third-order valence-corrected chi connectivity index (χ3v) is 4.14. The van der Waals surface area contributed by atoms with Crippen molar-refractivity contribution in [3.8, 4) is 0 Å². The SMILES string of the molecule is CCC(C)NCc1nc2cc(Br)ccc2s1. The van der Waals surface area contributed by atoms with Gasteiger partial charge in [0.05, 0.1) is 10.2 Å². The first kappa shape index (κ1) is 12.0. The van der Waals surface area contributed by atoms with Crippen LogP contribution < -0.4 is 5.32 Å². The zero-order chi connectivity index (χ0) is 11.5. The van der Waals surface area contributed by atoms with E-state index >= 15 is 0 Å². The van der Waals surface area contributed by atoms with Crippen molar-refractivity contribution in [1.29, 1.82) is 0 Å². The molecule has 1 heterocycles. The van der Waals surface area contributed by atoms with Gasteiger partial charge in [-0.05, 0) is 31.5 Å². The number of nitrogens with zero attached hydrogens (tertiary/aromatic N) is 1. The maximum Gasteiger partial charge on any atom is 0.108 e. The second-order valence-electron chi connectivity index (χ2n) is 3.91. The highest BCUT2D eigenvalue weighted by Crippen LogP contribution is 2.25. The molecule has 2 aromatic rings. The number of hydrogen-bond acceptors (Lipinski definition) is 3. The molecule has 0 bridgehead atoms. The van der Waals surface area contributed by atoms with Gasteiger partial charge >= 0.3 is 0 Å². The van der Waals surface area contributed by atoms with Gasteiger partial charge in [-0.3, -0.25) is 0 Å². The molecule has 0 aliphatic heterocycles. The molecule has 1 aromatic heterocycles. The second-order valence-corrected chi connectivity index (χ2v) is 5.94. The van der Waals surface area contributed by atoms with E-state index in [-0.39, 0.29) is 0 Å². The largest absolute Gasteiger partial charge is 0.308 e. The summed E-state index contributed by atoms with van der Waals surface area (Å²) in [5.41, 5.74) is 1.08. The molecule has 0 aliphatic carbocycles. The van der Waals surface area contributed by atoms with Crippen LogP contribution in [0.3, 0.4) is 0 Å². The smallest absolute Gasteiger partial charge is 0.108 e. The summed E-state index contributed by atoms with van der Waals surface area (Å²) in [4.78, 5) is 4.61. The topological polar surface area (TPSA) is 24.9 Å². The van der Waals surface area contributed by atoms with E-state index in [1.165, 1.54) is 4.70 Å². The van der Waals surface area contributed by atoms with Crippen molar-refractivity contribution < 1.29 is 0 Å². The summed E-state index contributed by atoms with van der Waals surface area (Å²) in [5.74, 6) is 0. The average molecular weight is 299 g/mol. The van der Waals surface area contributed by atoms with Crippen LogP contribution in [0.5, 0.6) is 0 Å². The van der Waals surface area contributed by atoms with Crippen molar-refractivity contribution in [2.45, 2.75) is 32.9 Å². The lowest BCUT2D eigenvalue weighted by atomic mass is 10.3. The van der Waals surface area contributed by atoms with Crippen LogP contribution in [-0.4, -0.2) is 11.0 Å². The van der Waals surface area contributed by atoms with Gasteiger partial charge in [-0.2, -0.15) is 0 Å². The van der Waals surface area contributed by atoms with Crippen LogP contribution >= 0.6 is 27.3 Å². The second kappa shape index (κ2) is 5.25. The highest BCUT2D eigenvalue weighted by Gasteiger charge is 2.05. The highest BCUT2D eigenvalue weighted by molar-refractivity contribution is 9.10. The van der Waals surface area contributed by atoms with Crippen molar-refractivity contribution in [3.63, 3.8) is 0 Å². The number of hydrogen-bond donors (Lipinski definition) is 1. The van der Waals surface area contributed by atoms with Gasteiger partial charge in [-0.1, -0.05) is 22.9 Å². The Morgan fingerprint density at radius 3 is 3.06 bits per heavy atom. The molecule has 2 rings (SSSR count). The first-order valence-electron chi connectivity index (χ1n) is 5.47. The summed E-state index contributed by atoms with van der Waals surface area (Å²) in [5, 5.41) is 4.62. The molecule has 0 radical (unpaired) electrons. The van der Waals surface area contributed by atoms with E-state index in [9.17, 15) is 0 Å². The normalized spacial score (nSPS) is 13.2. The van der Waals surface area contributed by atoms with E-state index in [1.807, 2.05) is 0 Å². The van der Waals surface area contributed by atoms with E-state index in [1.54, 1.807) is 11.3 Å². The van der Waals surface area contributed by atoms with Crippen LogP contribution in [0.4, 0.5) is 0 Å². The Morgan fingerprint density at radius 1 is 1.50 bits per heavy atom. The number of nitrogens with one attached hydrogen (secondary N) is 1. The fraction of sp³-hybridized carbons (Fsp3) is 0.417. The minimum Gasteiger partial charge on any atom is -0.308 e. The number of aromatic nitrogens is 1. The quantitative estimate of drug-likeness (QED) is 0.924. The molecule has 0 spiro atoms. The van der Waals surface area contributed by atoms with Gasteiger partial charge in [0.2, 0.25) is 0 Å². The van der Waals surface area contributed by atoms with Gasteiger partial charge in [-0.25, -0.2) is 4.98 Å². The minimum absolute atomic E-state index is 0.554. The Kier molecular flexibility index (Phi) is 3.95. The van der Waals surface area contributed by atoms with Gasteiger partial charge in [-0.15, -0.1) is 11.3 Å². The molecular weight excluding hydrogens is 284 g/mol. The molecule has 0 amide bonds. The molecule has 1 unspecified atom stereocenters. The minimum atomic E-state index is 0.554. The molecule has 16 heavy (non-hydrogen) atoms. The zero-order valence-electron chi connectivity index (χ0n) is 9.46. The Morgan fingerprint density at radius 2 is 2.31 bits per heavy atom. The molecule has 0 aliphatic rings. The van der Waals surface area contributed by atoms with Gasteiger partial charge < -0.3 is 5.32 Å². The van der Waals surface area contributed by atoms with E-state index < -0.39 is 0 Å². The number of halogens is 1. The maximum absolute atomic E-state index is 4.61. The van der Waals surface area contributed by atoms with Gasteiger partial charge in [0.15, 0.2) is 0 Å². The van der Waals surface area contributed by atoms with Gasteiger partial charge in [0.1, 0.15) is 5.01 Å². The lowest BCUT2D eigenvalue weighted by Gasteiger charge is -2.08. The molecule has 0 fully saturated rings. The van der Waals surface area contributed by atoms with E-state index in [0.29, 0.717) is 6.04 Å². The predicted molar refractivity (Wildman–Crippen MR) is 73.9 cm³/mol. The molecule has 4 heteroatoms. The Balaban J connectivity index is 2.13. The molecular formula is C12H15BrN2S. The maximum atomic E-state index is 4.61. The summed E-state index contributed by atoms with van der Waals surface area (Å²) in [6.45, 7) is 5.25. The molecule has 1 N–H and O–H groups in total. The van der Waals surface area contributed by atoms with Crippen LogP contribution in [0, 0.1) is 0 Å². The molecule has 1 atom stereocenters. The third kappa shape index (κ3) is 2.81. The Hall–Kier alpha value is -0.450. The van der Waals surface area contributed by atoms with Crippen LogP contribution in [0.1, 0.15) is 25.3 Å². The fourth-order valence-electron chi connectivity index (χ4n) is 1.43. The van der Waals surface area contributed by atoms with Crippen molar-refractivity contribution in [2.24, 2.45) is 0 Å². The van der Waals surface area contributed by atoms with Crippen molar-refractivity contribution >= 4 is 37.5 Å². The summed E-state index contributed by atoms with van der Waals surface area (Å²) < 4.78 is 2.34. The van der Waals surface area contributed by atoms with Crippen molar-refractivity contribution in [2.75, 3.05) is 0 Å². The average Bonchev–Trinajstić information content (AvgIpc) is 2.67. The summed E-state index contributed by atoms with van der Waals surface area (Å²) >= 11 is 5.23. The van der Waals surface area contributed by atoms with Crippen molar-refractivity contribution in [3.05, 3.63) is 27.7 Å². The Bertz CT molecular complexity index is 481. The first-order chi connectivity index (χ1) is 7.69. The van der Waals surface area contributed by atoms with Crippen LogP contribution in [0.2, 0.25) is 0 Å². The Labute approximate surface area is 108 Å². The summed E-state index contributed by atoms with van der Waals surface area (Å²) in [6, 6.07) is 6.80. The molecule has 0 saturated heterocycles. The molecule has 0 saturated carbocycles. The molecule has 2 nitrogen and oxygen atoms in total. The number of thiazole rings is 1.